The Balaban J connectivity index is 2.21. The van der Waals surface area contributed by atoms with E-state index in [9.17, 15) is 9.59 Å². The third-order valence-electron chi connectivity index (χ3n) is 3.90. The number of fused-ring (bicyclic) bond motifs is 1. The molecule has 0 radical (unpaired) electrons. The van der Waals surface area contributed by atoms with Gasteiger partial charge in [-0.2, -0.15) is 5.10 Å². The summed E-state index contributed by atoms with van der Waals surface area (Å²) in [6.07, 6.45) is 2.15. The van der Waals surface area contributed by atoms with Gasteiger partial charge in [0.15, 0.2) is 0 Å². The number of hydrogen-bond donors (Lipinski definition) is 2. The average molecular weight is 289 g/mol. The highest BCUT2D eigenvalue weighted by molar-refractivity contribution is 5.94. The summed E-state index contributed by atoms with van der Waals surface area (Å²) in [4.78, 5) is 24.4. The van der Waals surface area contributed by atoms with Crippen molar-refractivity contribution in [2.75, 3.05) is 5.32 Å². The van der Waals surface area contributed by atoms with Gasteiger partial charge in [0.25, 0.3) is 5.56 Å². The maximum atomic E-state index is 12.3. The van der Waals surface area contributed by atoms with Gasteiger partial charge in [-0.3, -0.25) is 24.1 Å². The first-order valence-corrected chi connectivity index (χ1v) is 7.03. The fraction of sp³-hybridized carbons (Fsp3) is 0.500. The Bertz CT molecular complexity index is 765. The molecule has 112 valence electrons. The molecule has 0 bridgehead atoms. The van der Waals surface area contributed by atoms with Gasteiger partial charge in [-0.05, 0) is 20.8 Å². The number of H-pyrrole nitrogens is 1. The largest absolute Gasteiger partial charge is 0.311 e. The van der Waals surface area contributed by atoms with Crippen LogP contribution in [-0.4, -0.2) is 25.5 Å². The Hall–Kier alpha value is -2.31. The van der Waals surface area contributed by atoms with Crippen LogP contribution < -0.4 is 10.9 Å². The molecule has 1 aliphatic rings. The Labute approximate surface area is 121 Å². The number of nitrogens with zero attached hydrogens (tertiary/aromatic N) is 3. The molecule has 0 spiro atoms. The zero-order chi connectivity index (χ0) is 15.3. The maximum Gasteiger partial charge on any atom is 0.270 e. The predicted molar refractivity (Wildman–Crippen MR) is 78.5 cm³/mol. The van der Waals surface area contributed by atoms with Crippen LogP contribution in [0.2, 0.25) is 0 Å². The molecule has 21 heavy (non-hydrogen) atoms. The quantitative estimate of drug-likeness (QED) is 0.873. The Morgan fingerprint density at radius 2 is 2.10 bits per heavy atom. The molecule has 1 amide bonds. The van der Waals surface area contributed by atoms with E-state index in [2.05, 4.69) is 15.5 Å². The molecule has 0 aliphatic carbocycles. The van der Waals surface area contributed by atoms with Crippen LogP contribution in [0.5, 0.6) is 0 Å². The van der Waals surface area contributed by atoms with Gasteiger partial charge in [0.05, 0.1) is 11.3 Å². The number of nitrogens with one attached hydrogen (secondary N) is 2. The molecule has 0 fully saturated rings. The van der Waals surface area contributed by atoms with Gasteiger partial charge in [0.1, 0.15) is 5.82 Å². The third-order valence-corrected chi connectivity index (χ3v) is 3.90. The standard InChI is InChI=1S/C14H19N5O2/c1-7(2)19-13-12(14(21)17-19)9(5-11(20)15-13)10-6-18(4)16-8(10)3/h6-7,9H,5H2,1-4H3,(H,15,20)(H,17,21)/t9-/m1/s1. The molecule has 0 unspecified atom stereocenters. The first kappa shape index (κ1) is 13.7. The van der Waals surface area contributed by atoms with E-state index in [4.69, 9.17) is 0 Å². The van der Waals surface area contributed by atoms with Crippen molar-refractivity contribution in [1.82, 2.24) is 19.6 Å². The maximum absolute atomic E-state index is 12.3. The van der Waals surface area contributed by atoms with Crippen LogP contribution in [-0.2, 0) is 11.8 Å². The van der Waals surface area contributed by atoms with Crippen molar-refractivity contribution in [3.63, 3.8) is 0 Å². The number of aromatic amines is 1. The van der Waals surface area contributed by atoms with Gasteiger partial charge in [-0.1, -0.05) is 0 Å². The van der Waals surface area contributed by atoms with E-state index in [0.29, 0.717) is 11.4 Å². The predicted octanol–water partition coefficient (Wildman–Crippen LogP) is 1.27. The Morgan fingerprint density at radius 1 is 1.38 bits per heavy atom. The van der Waals surface area contributed by atoms with Crippen molar-refractivity contribution in [2.45, 2.75) is 39.2 Å². The van der Waals surface area contributed by atoms with E-state index in [-0.39, 0.29) is 29.8 Å². The summed E-state index contributed by atoms with van der Waals surface area (Å²) in [6.45, 7) is 5.82. The molecule has 2 aromatic rings. The number of hydrogen-bond acceptors (Lipinski definition) is 3. The monoisotopic (exact) mass is 289 g/mol. The minimum atomic E-state index is -0.244. The fourth-order valence-electron chi connectivity index (χ4n) is 3.00. The summed E-state index contributed by atoms with van der Waals surface area (Å²) >= 11 is 0. The SMILES string of the molecule is Cc1nn(C)cc1[C@H]1CC(=O)Nc2c1c(=O)[nH]n2C(C)C. The first-order chi connectivity index (χ1) is 9.88. The number of aromatic nitrogens is 4. The normalized spacial score (nSPS) is 18.0. The summed E-state index contributed by atoms with van der Waals surface area (Å²) in [6, 6.07) is 0.0653. The van der Waals surface area contributed by atoms with Gasteiger partial charge < -0.3 is 5.32 Å². The molecule has 3 rings (SSSR count). The zero-order valence-corrected chi connectivity index (χ0v) is 12.6. The van der Waals surface area contributed by atoms with E-state index in [1.54, 1.807) is 9.36 Å². The van der Waals surface area contributed by atoms with Crippen molar-refractivity contribution in [3.05, 3.63) is 33.4 Å². The highest BCUT2D eigenvalue weighted by Gasteiger charge is 2.34. The second-order valence-electron chi connectivity index (χ2n) is 5.82. The lowest BCUT2D eigenvalue weighted by molar-refractivity contribution is -0.116. The minimum Gasteiger partial charge on any atom is -0.311 e. The molecule has 0 saturated carbocycles. The van der Waals surface area contributed by atoms with Crippen LogP contribution in [0.4, 0.5) is 5.82 Å². The highest BCUT2D eigenvalue weighted by atomic mass is 16.2. The Kier molecular flexibility index (Phi) is 3.00. The summed E-state index contributed by atoms with van der Waals surface area (Å²) in [5.74, 6) is 0.259. The fourth-order valence-corrected chi connectivity index (χ4v) is 3.00. The van der Waals surface area contributed by atoms with Gasteiger partial charge in [-0.15, -0.1) is 0 Å². The summed E-state index contributed by atoms with van der Waals surface area (Å²) < 4.78 is 3.43. The summed E-state index contributed by atoms with van der Waals surface area (Å²) in [5, 5.41) is 9.96. The van der Waals surface area contributed by atoms with Crippen LogP contribution >= 0.6 is 0 Å². The van der Waals surface area contributed by atoms with Crippen molar-refractivity contribution >= 4 is 11.7 Å². The molecule has 0 aromatic carbocycles. The lowest BCUT2D eigenvalue weighted by atomic mass is 9.87. The van der Waals surface area contributed by atoms with E-state index < -0.39 is 0 Å². The zero-order valence-electron chi connectivity index (χ0n) is 12.6. The molecule has 2 aromatic heterocycles. The number of carbonyl (C=O) groups is 1. The molecule has 2 N–H and O–H groups in total. The molecule has 7 nitrogen and oxygen atoms in total. The van der Waals surface area contributed by atoms with Gasteiger partial charge in [-0.25, -0.2) is 0 Å². The van der Waals surface area contributed by atoms with Crippen LogP contribution in [0, 0.1) is 6.92 Å². The molecule has 3 heterocycles. The van der Waals surface area contributed by atoms with Crippen LogP contribution in [0.25, 0.3) is 0 Å². The lowest BCUT2D eigenvalue weighted by Gasteiger charge is -2.23. The highest BCUT2D eigenvalue weighted by Crippen LogP contribution is 2.36. The van der Waals surface area contributed by atoms with Crippen LogP contribution in [0.3, 0.4) is 0 Å². The van der Waals surface area contributed by atoms with E-state index in [1.807, 2.05) is 34.0 Å². The van der Waals surface area contributed by atoms with Gasteiger partial charge in [0.2, 0.25) is 5.91 Å². The summed E-state index contributed by atoms with van der Waals surface area (Å²) in [5.41, 5.74) is 2.26. The number of aryl methyl sites for hydroxylation is 2. The van der Waals surface area contributed by atoms with Crippen LogP contribution in [0.1, 0.15) is 49.0 Å². The van der Waals surface area contributed by atoms with Crippen molar-refractivity contribution in [3.8, 4) is 0 Å². The Morgan fingerprint density at radius 3 is 2.67 bits per heavy atom. The molecule has 7 heteroatoms. The number of anilines is 1. The smallest absolute Gasteiger partial charge is 0.270 e. The molecule has 0 saturated heterocycles. The van der Waals surface area contributed by atoms with Gasteiger partial charge >= 0.3 is 0 Å². The second-order valence-corrected chi connectivity index (χ2v) is 5.82. The minimum absolute atomic E-state index is 0.0653. The van der Waals surface area contributed by atoms with Crippen LogP contribution in [0.15, 0.2) is 11.0 Å². The van der Waals surface area contributed by atoms with E-state index >= 15 is 0 Å². The first-order valence-electron chi connectivity index (χ1n) is 7.03. The molecular formula is C14H19N5O2. The number of rotatable bonds is 2. The van der Waals surface area contributed by atoms with Crippen molar-refractivity contribution in [2.24, 2.45) is 7.05 Å². The van der Waals surface area contributed by atoms with Crippen molar-refractivity contribution < 1.29 is 4.79 Å². The summed E-state index contributed by atoms with van der Waals surface area (Å²) in [7, 11) is 1.84. The second kappa shape index (κ2) is 4.61. The lowest BCUT2D eigenvalue weighted by Crippen LogP contribution is -2.27. The molecule has 1 aliphatic heterocycles. The van der Waals surface area contributed by atoms with E-state index in [0.717, 1.165) is 11.3 Å². The van der Waals surface area contributed by atoms with Gasteiger partial charge in [0, 0.05) is 37.2 Å². The molecule has 1 atom stereocenters. The average Bonchev–Trinajstić information content (AvgIpc) is 2.89. The third kappa shape index (κ3) is 2.09. The van der Waals surface area contributed by atoms with Crippen molar-refractivity contribution in [1.29, 1.82) is 0 Å². The molecular weight excluding hydrogens is 270 g/mol. The topological polar surface area (TPSA) is 84.7 Å². The van der Waals surface area contributed by atoms with E-state index in [1.165, 1.54) is 0 Å². The number of carbonyl (C=O) groups excluding carboxylic acids is 1. The number of amides is 1.